The van der Waals surface area contributed by atoms with Gasteiger partial charge in [-0.2, -0.15) is 5.10 Å². The van der Waals surface area contributed by atoms with Gasteiger partial charge >= 0.3 is 0 Å². The minimum Gasteiger partial charge on any atom is -0.299 e. The van der Waals surface area contributed by atoms with Gasteiger partial charge in [-0.1, -0.05) is 31.4 Å². The Bertz CT molecular complexity index is 467. The molecule has 106 valence electrons. The van der Waals surface area contributed by atoms with Crippen LogP contribution in [0.25, 0.3) is 0 Å². The van der Waals surface area contributed by atoms with Gasteiger partial charge in [-0.3, -0.25) is 9.48 Å². The highest BCUT2D eigenvalue weighted by Crippen LogP contribution is 2.31. The number of hydrogen-bond acceptors (Lipinski definition) is 2. The molecule has 0 saturated heterocycles. The molecule has 0 amide bonds. The van der Waals surface area contributed by atoms with Crippen LogP contribution in [-0.2, 0) is 17.8 Å². The van der Waals surface area contributed by atoms with Crippen molar-refractivity contribution in [1.29, 1.82) is 0 Å². The van der Waals surface area contributed by atoms with Crippen molar-refractivity contribution in [2.24, 2.45) is 11.8 Å². The van der Waals surface area contributed by atoms with E-state index in [2.05, 4.69) is 12.0 Å². The number of carbonyl (C=O) groups excluding carboxylic acids is 1. The lowest BCUT2D eigenvalue weighted by Crippen LogP contribution is -2.24. The SMILES string of the molecule is CCn1nc(C)c(Cl)c1CC(=O)C1CCCC(C)C1. The molecule has 19 heavy (non-hydrogen) atoms. The van der Waals surface area contributed by atoms with Crippen molar-refractivity contribution >= 4 is 17.4 Å². The molecule has 2 atom stereocenters. The fraction of sp³-hybridized carbons (Fsp3) is 0.733. The lowest BCUT2D eigenvalue weighted by atomic mass is 9.79. The summed E-state index contributed by atoms with van der Waals surface area (Å²) in [7, 11) is 0. The summed E-state index contributed by atoms with van der Waals surface area (Å²) >= 11 is 6.27. The van der Waals surface area contributed by atoms with E-state index in [4.69, 9.17) is 11.6 Å². The van der Waals surface area contributed by atoms with Gasteiger partial charge in [0.1, 0.15) is 5.78 Å². The zero-order valence-electron chi connectivity index (χ0n) is 12.1. The molecule has 2 unspecified atom stereocenters. The number of Topliss-reactive ketones (excluding diaryl/α,β-unsaturated/α-hetero) is 1. The van der Waals surface area contributed by atoms with Crippen LogP contribution in [0.15, 0.2) is 0 Å². The van der Waals surface area contributed by atoms with Crippen LogP contribution in [0, 0.1) is 18.8 Å². The maximum Gasteiger partial charge on any atom is 0.141 e. The van der Waals surface area contributed by atoms with Gasteiger partial charge < -0.3 is 0 Å². The second kappa shape index (κ2) is 6.08. The van der Waals surface area contributed by atoms with Gasteiger partial charge in [0.25, 0.3) is 0 Å². The quantitative estimate of drug-likeness (QED) is 0.842. The van der Waals surface area contributed by atoms with Gasteiger partial charge in [0.05, 0.1) is 22.8 Å². The molecule has 1 saturated carbocycles. The van der Waals surface area contributed by atoms with Crippen molar-refractivity contribution in [3.63, 3.8) is 0 Å². The predicted molar refractivity (Wildman–Crippen MR) is 77.5 cm³/mol. The van der Waals surface area contributed by atoms with E-state index in [1.54, 1.807) is 0 Å². The van der Waals surface area contributed by atoms with Crippen molar-refractivity contribution < 1.29 is 4.79 Å². The smallest absolute Gasteiger partial charge is 0.141 e. The first-order valence-corrected chi connectivity index (χ1v) is 7.65. The molecule has 0 bridgehead atoms. The number of hydrogen-bond donors (Lipinski definition) is 0. The van der Waals surface area contributed by atoms with Crippen molar-refractivity contribution in [1.82, 2.24) is 9.78 Å². The van der Waals surface area contributed by atoms with Gasteiger partial charge in [0.2, 0.25) is 0 Å². The fourth-order valence-corrected chi connectivity index (χ4v) is 3.28. The molecule has 0 spiro atoms. The predicted octanol–water partition coefficient (Wildman–Crippen LogP) is 3.80. The van der Waals surface area contributed by atoms with Crippen LogP contribution < -0.4 is 0 Å². The van der Waals surface area contributed by atoms with Gasteiger partial charge in [0, 0.05) is 12.5 Å². The Labute approximate surface area is 120 Å². The van der Waals surface area contributed by atoms with Gasteiger partial charge in [0.15, 0.2) is 0 Å². The molecule has 4 heteroatoms. The van der Waals surface area contributed by atoms with E-state index in [0.29, 0.717) is 23.1 Å². The molecule has 2 rings (SSSR count). The third-order valence-corrected chi connectivity index (χ3v) is 4.68. The molecule has 0 radical (unpaired) electrons. The van der Waals surface area contributed by atoms with Crippen molar-refractivity contribution in [3.8, 4) is 0 Å². The van der Waals surface area contributed by atoms with Gasteiger partial charge in [-0.25, -0.2) is 0 Å². The lowest BCUT2D eigenvalue weighted by Gasteiger charge is -2.25. The van der Waals surface area contributed by atoms with Gasteiger partial charge in [-0.15, -0.1) is 0 Å². The summed E-state index contributed by atoms with van der Waals surface area (Å²) < 4.78 is 1.86. The molecule has 1 aliphatic carbocycles. The third-order valence-electron chi connectivity index (χ3n) is 4.19. The van der Waals surface area contributed by atoms with Crippen LogP contribution in [0.2, 0.25) is 5.02 Å². The van der Waals surface area contributed by atoms with Crippen LogP contribution in [0.4, 0.5) is 0 Å². The summed E-state index contributed by atoms with van der Waals surface area (Å²) in [6, 6.07) is 0. The van der Waals surface area contributed by atoms with Crippen molar-refractivity contribution in [3.05, 3.63) is 16.4 Å². The van der Waals surface area contributed by atoms with E-state index >= 15 is 0 Å². The highest BCUT2D eigenvalue weighted by atomic mass is 35.5. The van der Waals surface area contributed by atoms with E-state index in [1.807, 2.05) is 18.5 Å². The third kappa shape index (κ3) is 3.19. The molecule has 1 fully saturated rings. The fourth-order valence-electron chi connectivity index (χ4n) is 3.07. The van der Waals surface area contributed by atoms with Gasteiger partial charge in [-0.05, 0) is 32.6 Å². The average Bonchev–Trinajstić information content (AvgIpc) is 2.66. The Morgan fingerprint density at radius 3 is 2.84 bits per heavy atom. The Hall–Kier alpha value is -0.830. The number of aryl methyl sites for hydroxylation is 2. The largest absolute Gasteiger partial charge is 0.299 e. The minimum absolute atomic E-state index is 0.223. The molecular formula is C15H23ClN2O. The van der Waals surface area contributed by atoms with Crippen LogP contribution in [-0.4, -0.2) is 15.6 Å². The summed E-state index contributed by atoms with van der Waals surface area (Å²) in [6.07, 6.45) is 4.95. The highest BCUT2D eigenvalue weighted by molar-refractivity contribution is 6.32. The summed E-state index contributed by atoms with van der Waals surface area (Å²) in [5.41, 5.74) is 1.72. The molecule has 1 aliphatic rings. The number of rotatable bonds is 4. The Morgan fingerprint density at radius 2 is 2.21 bits per heavy atom. The molecule has 0 N–H and O–H groups in total. The monoisotopic (exact) mass is 282 g/mol. The standard InChI is InChI=1S/C15H23ClN2O/c1-4-18-13(15(16)11(3)17-18)9-14(19)12-7-5-6-10(2)8-12/h10,12H,4-9H2,1-3H3. The lowest BCUT2D eigenvalue weighted by molar-refractivity contribution is -0.123. The number of nitrogens with zero attached hydrogens (tertiary/aromatic N) is 2. The minimum atomic E-state index is 0.223. The summed E-state index contributed by atoms with van der Waals surface area (Å²) in [5.74, 6) is 1.24. The molecule has 1 heterocycles. The summed E-state index contributed by atoms with van der Waals surface area (Å²) in [5, 5.41) is 5.04. The summed E-state index contributed by atoms with van der Waals surface area (Å²) in [4.78, 5) is 12.4. The van der Waals surface area contributed by atoms with Crippen LogP contribution in [0.1, 0.15) is 50.9 Å². The number of ketones is 1. The second-order valence-corrected chi connectivity index (χ2v) is 6.15. The molecule has 3 nitrogen and oxygen atoms in total. The second-order valence-electron chi connectivity index (χ2n) is 5.77. The highest BCUT2D eigenvalue weighted by Gasteiger charge is 2.26. The van der Waals surface area contributed by atoms with E-state index in [9.17, 15) is 4.79 Å². The molecule has 1 aromatic heterocycles. The molecule has 1 aromatic rings. The molecule has 0 aliphatic heterocycles. The van der Waals surface area contributed by atoms with E-state index in [0.717, 1.165) is 30.8 Å². The number of carbonyl (C=O) groups is 1. The summed E-state index contributed by atoms with van der Waals surface area (Å²) in [6.45, 7) is 6.93. The Kier molecular flexibility index (Phi) is 4.67. The maximum absolute atomic E-state index is 12.4. The zero-order chi connectivity index (χ0) is 14.0. The number of aromatic nitrogens is 2. The van der Waals surface area contributed by atoms with Crippen LogP contribution in [0.3, 0.4) is 0 Å². The first-order chi connectivity index (χ1) is 9.02. The Balaban J connectivity index is 2.10. The maximum atomic E-state index is 12.4. The number of halogens is 1. The first-order valence-electron chi connectivity index (χ1n) is 7.27. The average molecular weight is 283 g/mol. The molecule has 0 aromatic carbocycles. The van der Waals surface area contributed by atoms with Crippen LogP contribution in [0.5, 0.6) is 0 Å². The van der Waals surface area contributed by atoms with E-state index < -0.39 is 0 Å². The van der Waals surface area contributed by atoms with E-state index in [1.165, 1.54) is 12.8 Å². The van der Waals surface area contributed by atoms with E-state index in [-0.39, 0.29) is 5.92 Å². The normalized spacial score (nSPS) is 23.6. The zero-order valence-corrected chi connectivity index (χ0v) is 12.8. The van der Waals surface area contributed by atoms with Crippen LogP contribution >= 0.6 is 11.6 Å². The first kappa shape index (κ1) is 14.6. The van der Waals surface area contributed by atoms with Crippen molar-refractivity contribution in [2.75, 3.05) is 0 Å². The Morgan fingerprint density at radius 1 is 1.47 bits per heavy atom. The topological polar surface area (TPSA) is 34.9 Å². The molecular weight excluding hydrogens is 260 g/mol. The van der Waals surface area contributed by atoms with Crippen molar-refractivity contribution in [2.45, 2.75) is 59.4 Å².